The van der Waals surface area contributed by atoms with Crippen molar-refractivity contribution >= 4 is 38.3 Å². The van der Waals surface area contributed by atoms with E-state index in [1.54, 1.807) is 18.2 Å². The van der Waals surface area contributed by atoms with E-state index in [0.29, 0.717) is 5.69 Å². The Morgan fingerprint density at radius 3 is 2.45 bits per heavy atom. The number of fused-ring (bicyclic) bond motifs is 1. The maximum atomic E-state index is 12.0. The van der Waals surface area contributed by atoms with Crippen LogP contribution in [0.2, 0.25) is 0 Å². The molecule has 0 unspecified atom stereocenters. The highest BCUT2D eigenvalue weighted by atomic mass is 79.9. The minimum absolute atomic E-state index is 0.493. The normalized spacial score (nSPS) is 11.6. The number of hydrogen-bond donors (Lipinski definition) is 1. The molecule has 1 amide bonds. The second-order valence-corrected chi connectivity index (χ2v) is 5.29. The van der Waals surface area contributed by atoms with Crippen LogP contribution in [0, 0.1) is 0 Å². The van der Waals surface area contributed by atoms with Gasteiger partial charge in [0.15, 0.2) is 0 Å². The molecule has 0 atom stereocenters. The Kier molecular flexibility index (Phi) is 4.32. The molecular formula is C14H11BrF3NO. The molecular weight excluding hydrogens is 335 g/mol. The van der Waals surface area contributed by atoms with Gasteiger partial charge in [0.05, 0.1) is 6.42 Å². The molecule has 0 saturated heterocycles. The summed E-state index contributed by atoms with van der Waals surface area (Å²) in [5.41, 5.74) is 0.493. The number of benzene rings is 2. The first-order valence-electron chi connectivity index (χ1n) is 5.89. The molecule has 0 spiro atoms. The first-order valence-corrected chi connectivity index (χ1v) is 6.69. The van der Waals surface area contributed by atoms with Crippen molar-refractivity contribution in [3.63, 3.8) is 0 Å². The molecule has 20 heavy (non-hydrogen) atoms. The van der Waals surface area contributed by atoms with Gasteiger partial charge in [-0.05, 0) is 35.0 Å². The zero-order valence-corrected chi connectivity index (χ0v) is 11.9. The lowest BCUT2D eigenvalue weighted by atomic mass is 10.1. The SMILES string of the molecule is O=C(CCC(F)(F)F)Nc1ccc2cc(Br)ccc2c1. The molecule has 0 aliphatic rings. The Morgan fingerprint density at radius 1 is 1.10 bits per heavy atom. The topological polar surface area (TPSA) is 29.1 Å². The fourth-order valence-corrected chi connectivity index (χ4v) is 2.15. The van der Waals surface area contributed by atoms with Crippen LogP contribution in [0.5, 0.6) is 0 Å². The van der Waals surface area contributed by atoms with Crippen molar-refractivity contribution < 1.29 is 18.0 Å². The molecule has 2 aromatic carbocycles. The largest absolute Gasteiger partial charge is 0.389 e. The third-order valence-corrected chi connectivity index (χ3v) is 3.21. The van der Waals surface area contributed by atoms with Gasteiger partial charge in [-0.15, -0.1) is 0 Å². The van der Waals surface area contributed by atoms with E-state index < -0.39 is 24.9 Å². The van der Waals surface area contributed by atoms with Crippen LogP contribution in [0.15, 0.2) is 40.9 Å². The van der Waals surface area contributed by atoms with Gasteiger partial charge in [0, 0.05) is 16.6 Å². The summed E-state index contributed by atoms with van der Waals surface area (Å²) in [4.78, 5) is 11.4. The number of anilines is 1. The van der Waals surface area contributed by atoms with Crippen LogP contribution < -0.4 is 5.32 Å². The zero-order chi connectivity index (χ0) is 14.8. The number of carbonyl (C=O) groups is 1. The smallest absolute Gasteiger partial charge is 0.326 e. The maximum Gasteiger partial charge on any atom is 0.389 e. The molecule has 2 aromatic rings. The van der Waals surface area contributed by atoms with Gasteiger partial charge in [-0.3, -0.25) is 4.79 Å². The number of amides is 1. The number of alkyl halides is 3. The first kappa shape index (κ1) is 14.8. The molecule has 6 heteroatoms. The third kappa shape index (κ3) is 4.23. The molecule has 106 valence electrons. The predicted molar refractivity (Wildman–Crippen MR) is 75.6 cm³/mol. The molecule has 0 saturated carbocycles. The molecule has 2 nitrogen and oxygen atoms in total. The molecule has 0 fully saturated rings. The lowest BCUT2D eigenvalue weighted by molar-refractivity contribution is -0.142. The van der Waals surface area contributed by atoms with Gasteiger partial charge in [0.25, 0.3) is 0 Å². The van der Waals surface area contributed by atoms with Crippen molar-refractivity contribution in [3.8, 4) is 0 Å². The van der Waals surface area contributed by atoms with Crippen LogP contribution in [0.4, 0.5) is 18.9 Å². The summed E-state index contributed by atoms with van der Waals surface area (Å²) in [5.74, 6) is -0.640. The summed E-state index contributed by atoms with van der Waals surface area (Å²) in [5, 5.41) is 4.35. The number of nitrogens with one attached hydrogen (secondary N) is 1. The Morgan fingerprint density at radius 2 is 1.75 bits per heavy atom. The minimum atomic E-state index is -4.31. The summed E-state index contributed by atoms with van der Waals surface area (Å²) < 4.78 is 37.0. The van der Waals surface area contributed by atoms with Crippen LogP contribution in [-0.2, 0) is 4.79 Å². The number of carbonyl (C=O) groups excluding carboxylic acids is 1. The molecule has 0 aliphatic carbocycles. The van der Waals surface area contributed by atoms with Crippen molar-refractivity contribution in [3.05, 3.63) is 40.9 Å². The zero-order valence-electron chi connectivity index (χ0n) is 10.3. The van der Waals surface area contributed by atoms with Crippen molar-refractivity contribution in [2.75, 3.05) is 5.32 Å². The van der Waals surface area contributed by atoms with E-state index in [-0.39, 0.29) is 0 Å². The maximum absolute atomic E-state index is 12.0. The number of halogens is 4. The van der Waals surface area contributed by atoms with Crippen molar-refractivity contribution in [2.24, 2.45) is 0 Å². The predicted octanol–water partition coefficient (Wildman–Crippen LogP) is 4.88. The number of rotatable bonds is 3. The van der Waals surface area contributed by atoms with Gasteiger partial charge < -0.3 is 5.32 Å². The molecule has 2 rings (SSSR count). The summed E-state index contributed by atoms with van der Waals surface area (Å²) in [6, 6.07) is 10.8. The van der Waals surface area contributed by atoms with E-state index in [2.05, 4.69) is 21.2 Å². The van der Waals surface area contributed by atoms with Crippen LogP contribution in [0.1, 0.15) is 12.8 Å². The van der Waals surface area contributed by atoms with Crippen LogP contribution >= 0.6 is 15.9 Å². The van der Waals surface area contributed by atoms with E-state index in [1.165, 1.54) is 0 Å². The van der Waals surface area contributed by atoms with E-state index in [0.717, 1.165) is 15.2 Å². The average Bonchev–Trinajstić information content (AvgIpc) is 2.36. The second kappa shape index (κ2) is 5.83. The van der Waals surface area contributed by atoms with E-state index >= 15 is 0 Å². The van der Waals surface area contributed by atoms with Crippen molar-refractivity contribution in [1.82, 2.24) is 0 Å². The molecule has 0 heterocycles. The van der Waals surface area contributed by atoms with Gasteiger partial charge in [-0.2, -0.15) is 13.2 Å². The highest BCUT2D eigenvalue weighted by Gasteiger charge is 2.27. The van der Waals surface area contributed by atoms with E-state index in [9.17, 15) is 18.0 Å². The van der Waals surface area contributed by atoms with E-state index in [4.69, 9.17) is 0 Å². The summed E-state index contributed by atoms with van der Waals surface area (Å²) in [6.07, 6.45) is -5.99. The lowest BCUT2D eigenvalue weighted by Gasteiger charge is -2.08. The van der Waals surface area contributed by atoms with Crippen molar-refractivity contribution in [1.29, 1.82) is 0 Å². The second-order valence-electron chi connectivity index (χ2n) is 4.37. The Bertz CT molecular complexity index is 640. The number of hydrogen-bond acceptors (Lipinski definition) is 1. The summed E-state index contributed by atoms with van der Waals surface area (Å²) in [6.45, 7) is 0. The minimum Gasteiger partial charge on any atom is -0.326 e. The van der Waals surface area contributed by atoms with Crippen LogP contribution in [0.3, 0.4) is 0 Å². The molecule has 1 N–H and O–H groups in total. The van der Waals surface area contributed by atoms with Crippen molar-refractivity contribution in [2.45, 2.75) is 19.0 Å². The van der Waals surface area contributed by atoms with Gasteiger partial charge >= 0.3 is 6.18 Å². The Hall–Kier alpha value is -1.56. The van der Waals surface area contributed by atoms with Crippen LogP contribution in [-0.4, -0.2) is 12.1 Å². The summed E-state index contributed by atoms with van der Waals surface area (Å²) >= 11 is 3.35. The van der Waals surface area contributed by atoms with Gasteiger partial charge in [-0.25, -0.2) is 0 Å². The van der Waals surface area contributed by atoms with Gasteiger partial charge in [0.1, 0.15) is 0 Å². The van der Waals surface area contributed by atoms with Gasteiger partial charge in [-0.1, -0.05) is 28.1 Å². The highest BCUT2D eigenvalue weighted by Crippen LogP contribution is 2.24. The molecule has 0 radical (unpaired) electrons. The molecule has 0 bridgehead atoms. The Balaban J connectivity index is 2.06. The van der Waals surface area contributed by atoms with Crippen LogP contribution in [0.25, 0.3) is 10.8 Å². The van der Waals surface area contributed by atoms with E-state index in [1.807, 2.05) is 18.2 Å². The fraction of sp³-hybridized carbons (Fsp3) is 0.214. The third-order valence-electron chi connectivity index (χ3n) is 2.72. The highest BCUT2D eigenvalue weighted by molar-refractivity contribution is 9.10. The average molecular weight is 346 g/mol. The fourth-order valence-electron chi connectivity index (χ4n) is 1.77. The van der Waals surface area contributed by atoms with Gasteiger partial charge in [0.2, 0.25) is 5.91 Å². The summed E-state index contributed by atoms with van der Waals surface area (Å²) in [7, 11) is 0. The Labute approximate surface area is 122 Å². The quantitative estimate of drug-likeness (QED) is 0.843. The molecule has 0 aliphatic heterocycles. The standard InChI is InChI=1S/C14H11BrF3NO/c15-11-3-1-10-8-12(4-2-9(10)7-11)19-13(20)5-6-14(16,17)18/h1-4,7-8H,5-6H2,(H,19,20). The molecule has 0 aromatic heterocycles. The first-order chi connectivity index (χ1) is 9.33. The monoisotopic (exact) mass is 345 g/mol. The lowest BCUT2D eigenvalue weighted by Crippen LogP contribution is -2.16.